The average Bonchev–Trinajstić information content (AvgIpc) is 2.20. The summed E-state index contributed by atoms with van der Waals surface area (Å²) in [6, 6.07) is 8.11. The van der Waals surface area contributed by atoms with Crippen molar-refractivity contribution in [1.29, 1.82) is 0 Å². The molecule has 0 fully saturated rings. The first-order valence-electron chi connectivity index (χ1n) is 5.05. The zero-order valence-electron chi connectivity index (χ0n) is 8.86. The van der Waals surface area contributed by atoms with Crippen LogP contribution in [0.1, 0.15) is 30.9 Å². The zero-order chi connectivity index (χ0) is 10.2. The largest absolute Gasteiger partial charge is 0.396 e. The molecule has 2 heteroatoms. The minimum absolute atomic E-state index is 0.707. The first kappa shape index (κ1) is 10.8. The number of rotatable bonds is 5. The van der Waals surface area contributed by atoms with Crippen molar-refractivity contribution in [3.05, 3.63) is 35.4 Å². The zero-order valence-corrected chi connectivity index (χ0v) is 8.86. The van der Waals surface area contributed by atoms with Crippen LogP contribution in [0.4, 0.5) is 0 Å². The summed E-state index contributed by atoms with van der Waals surface area (Å²) in [6.07, 6.45) is 3.97. The maximum Gasteiger partial charge on any atom is 0.117 e. The van der Waals surface area contributed by atoms with Gasteiger partial charge in [0.1, 0.15) is 6.61 Å². The third-order valence-electron chi connectivity index (χ3n) is 2.04. The number of oxime groups is 1. The van der Waals surface area contributed by atoms with Crippen LogP contribution in [-0.4, -0.2) is 12.8 Å². The van der Waals surface area contributed by atoms with E-state index >= 15 is 0 Å². The molecule has 0 saturated heterocycles. The fraction of sp³-hybridized carbons (Fsp3) is 0.417. The van der Waals surface area contributed by atoms with Crippen molar-refractivity contribution in [3.8, 4) is 0 Å². The minimum atomic E-state index is 0.707. The van der Waals surface area contributed by atoms with Crippen molar-refractivity contribution in [2.24, 2.45) is 5.16 Å². The lowest BCUT2D eigenvalue weighted by molar-refractivity contribution is 0.143. The lowest BCUT2D eigenvalue weighted by Crippen LogP contribution is -1.90. The van der Waals surface area contributed by atoms with Gasteiger partial charge in [-0.2, -0.15) is 0 Å². The molecular weight excluding hydrogens is 174 g/mol. The van der Waals surface area contributed by atoms with E-state index in [9.17, 15) is 0 Å². The van der Waals surface area contributed by atoms with E-state index in [4.69, 9.17) is 4.84 Å². The second-order valence-electron chi connectivity index (χ2n) is 3.28. The molecule has 14 heavy (non-hydrogen) atoms. The summed E-state index contributed by atoms with van der Waals surface area (Å²) in [5, 5.41) is 3.91. The third kappa shape index (κ3) is 3.60. The highest BCUT2D eigenvalue weighted by molar-refractivity contribution is 5.80. The first-order chi connectivity index (χ1) is 6.84. The van der Waals surface area contributed by atoms with Crippen LogP contribution < -0.4 is 0 Å². The molecular formula is C12H17NO. The molecule has 1 rings (SSSR count). The van der Waals surface area contributed by atoms with Gasteiger partial charge in [0, 0.05) is 0 Å². The van der Waals surface area contributed by atoms with E-state index in [-0.39, 0.29) is 0 Å². The molecule has 2 nitrogen and oxygen atoms in total. The van der Waals surface area contributed by atoms with E-state index < -0.39 is 0 Å². The van der Waals surface area contributed by atoms with Crippen LogP contribution in [0.25, 0.3) is 0 Å². The van der Waals surface area contributed by atoms with Crippen molar-refractivity contribution in [1.82, 2.24) is 0 Å². The molecule has 0 N–H and O–H groups in total. The van der Waals surface area contributed by atoms with Crippen LogP contribution in [0.5, 0.6) is 0 Å². The van der Waals surface area contributed by atoms with Gasteiger partial charge in [0.05, 0.1) is 6.21 Å². The summed E-state index contributed by atoms with van der Waals surface area (Å²) < 4.78 is 0. The number of benzene rings is 1. The molecule has 0 aliphatic heterocycles. The second kappa shape index (κ2) is 6.19. The van der Waals surface area contributed by atoms with Crippen molar-refractivity contribution >= 4 is 6.21 Å². The van der Waals surface area contributed by atoms with Gasteiger partial charge in [-0.1, -0.05) is 42.8 Å². The predicted molar refractivity (Wildman–Crippen MR) is 59.6 cm³/mol. The summed E-state index contributed by atoms with van der Waals surface area (Å²) in [7, 11) is 0. The van der Waals surface area contributed by atoms with Crippen molar-refractivity contribution in [2.45, 2.75) is 26.7 Å². The van der Waals surface area contributed by atoms with Gasteiger partial charge in [-0.3, -0.25) is 0 Å². The standard InChI is InChI=1S/C12H17NO/c1-3-4-9-14-13-10-12-8-6-5-7-11(12)2/h5-8,10H,3-4,9H2,1-2H3. The van der Waals surface area contributed by atoms with Crippen molar-refractivity contribution in [3.63, 3.8) is 0 Å². The normalized spacial score (nSPS) is 10.7. The molecule has 0 saturated carbocycles. The van der Waals surface area contributed by atoms with Gasteiger partial charge in [0.25, 0.3) is 0 Å². The maximum atomic E-state index is 5.10. The fourth-order valence-corrected chi connectivity index (χ4v) is 1.09. The molecule has 0 heterocycles. The van der Waals surface area contributed by atoms with E-state index in [1.165, 1.54) is 5.56 Å². The number of hydrogen-bond acceptors (Lipinski definition) is 2. The lowest BCUT2D eigenvalue weighted by atomic mass is 10.1. The van der Waals surface area contributed by atoms with E-state index in [0.29, 0.717) is 6.61 Å². The van der Waals surface area contributed by atoms with Gasteiger partial charge >= 0.3 is 0 Å². The minimum Gasteiger partial charge on any atom is -0.396 e. The predicted octanol–water partition coefficient (Wildman–Crippen LogP) is 3.15. The Kier molecular flexibility index (Phi) is 4.76. The smallest absolute Gasteiger partial charge is 0.117 e. The molecule has 0 spiro atoms. The van der Waals surface area contributed by atoms with E-state index in [0.717, 1.165) is 18.4 Å². The highest BCUT2D eigenvalue weighted by Gasteiger charge is 1.91. The van der Waals surface area contributed by atoms with Crippen molar-refractivity contribution < 1.29 is 4.84 Å². The third-order valence-corrected chi connectivity index (χ3v) is 2.04. The molecule has 1 aromatic rings. The summed E-state index contributed by atoms with van der Waals surface area (Å²) in [5.41, 5.74) is 2.33. The summed E-state index contributed by atoms with van der Waals surface area (Å²) in [4.78, 5) is 5.10. The number of nitrogens with zero attached hydrogens (tertiary/aromatic N) is 1. The number of unbranched alkanes of at least 4 members (excludes halogenated alkanes) is 1. The van der Waals surface area contributed by atoms with Crippen LogP contribution in [0.3, 0.4) is 0 Å². The topological polar surface area (TPSA) is 21.6 Å². The average molecular weight is 191 g/mol. The van der Waals surface area contributed by atoms with Gasteiger partial charge in [-0.05, 0) is 24.5 Å². The Balaban J connectivity index is 2.40. The fourth-order valence-electron chi connectivity index (χ4n) is 1.09. The molecule has 0 radical (unpaired) electrons. The second-order valence-corrected chi connectivity index (χ2v) is 3.28. The van der Waals surface area contributed by atoms with E-state index in [1.807, 2.05) is 18.2 Å². The van der Waals surface area contributed by atoms with Crippen LogP contribution in [0.2, 0.25) is 0 Å². The van der Waals surface area contributed by atoms with Gasteiger partial charge in [0.2, 0.25) is 0 Å². The highest BCUT2D eigenvalue weighted by Crippen LogP contribution is 2.03. The molecule has 76 valence electrons. The Hall–Kier alpha value is -1.31. The van der Waals surface area contributed by atoms with Crippen LogP contribution in [0, 0.1) is 6.92 Å². The van der Waals surface area contributed by atoms with Gasteiger partial charge < -0.3 is 4.84 Å². The van der Waals surface area contributed by atoms with Gasteiger partial charge in [-0.15, -0.1) is 0 Å². The van der Waals surface area contributed by atoms with Gasteiger partial charge in [0.15, 0.2) is 0 Å². The molecule has 0 bridgehead atoms. The van der Waals surface area contributed by atoms with E-state index in [1.54, 1.807) is 6.21 Å². The SMILES string of the molecule is CCCCON=Cc1ccccc1C. The lowest BCUT2D eigenvalue weighted by Gasteiger charge is -1.98. The van der Waals surface area contributed by atoms with E-state index in [2.05, 4.69) is 25.1 Å². The molecule has 0 atom stereocenters. The van der Waals surface area contributed by atoms with Gasteiger partial charge in [-0.25, -0.2) is 0 Å². The van der Waals surface area contributed by atoms with Crippen LogP contribution >= 0.6 is 0 Å². The maximum absolute atomic E-state index is 5.10. The Bertz CT molecular complexity index is 294. The molecule has 0 aliphatic rings. The summed E-state index contributed by atoms with van der Waals surface area (Å²) in [6.45, 7) is 4.90. The highest BCUT2D eigenvalue weighted by atomic mass is 16.6. The molecule has 0 amide bonds. The quantitative estimate of drug-likeness (QED) is 0.398. The number of hydrogen-bond donors (Lipinski definition) is 0. The summed E-state index contributed by atoms with van der Waals surface area (Å²) >= 11 is 0. The monoisotopic (exact) mass is 191 g/mol. The Labute approximate surface area is 85.6 Å². The van der Waals surface area contributed by atoms with Crippen LogP contribution in [-0.2, 0) is 4.84 Å². The Morgan fingerprint density at radius 1 is 1.36 bits per heavy atom. The van der Waals surface area contributed by atoms with Crippen molar-refractivity contribution in [2.75, 3.05) is 6.61 Å². The molecule has 0 aliphatic carbocycles. The van der Waals surface area contributed by atoms with Crippen LogP contribution in [0.15, 0.2) is 29.4 Å². The number of aryl methyl sites for hydroxylation is 1. The Morgan fingerprint density at radius 2 is 2.14 bits per heavy atom. The Morgan fingerprint density at radius 3 is 2.86 bits per heavy atom. The molecule has 1 aromatic carbocycles. The first-order valence-corrected chi connectivity index (χ1v) is 5.05. The molecule has 0 aromatic heterocycles. The summed E-state index contributed by atoms with van der Waals surface area (Å²) in [5.74, 6) is 0. The molecule has 0 unspecified atom stereocenters.